The minimum absolute atomic E-state index is 0.162. The van der Waals surface area contributed by atoms with E-state index in [0.717, 1.165) is 12.1 Å². The van der Waals surface area contributed by atoms with Crippen molar-refractivity contribution in [2.45, 2.75) is 18.8 Å². The van der Waals surface area contributed by atoms with E-state index in [2.05, 4.69) is 0 Å². The van der Waals surface area contributed by atoms with Crippen molar-refractivity contribution in [3.8, 4) is 16.9 Å². The quantitative estimate of drug-likeness (QED) is 0.719. The van der Waals surface area contributed by atoms with E-state index in [4.69, 9.17) is 9.84 Å². The Morgan fingerprint density at radius 3 is 2.24 bits per heavy atom. The minimum atomic E-state index is -3.41. The van der Waals surface area contributed by atoms with Crippen LogP contribution in [0.25, 0.3) is 11.1 Å². The van der Waals surface area contributed by atoms with E-state index in [0.29, 0.717) is 11.3 Å². The van der Waals surface area contributed by atoms with Gasteiger partial charge in [0.25, 0.3) is 11.8 Å². The van der Waals surface area contributed by atoms with Crippen LogP contribution in [-0.4, -0.2) is 30.0 Å². The number of carbonyl (C=O) groups excluding carboxylic acids is 1. The summed E-state index contributed by atoms with van der Waals surface area (Å²) >= 11 is 0. The number of carbonyl (C=O) groups is 2. The summed E-state index contributed by atoms with van der Waals surface area (Å²) in [5, 5.41) is 10.9. The summed E-state index contributed by atoms with van der Waals surface area (Å²) in [5.41, 5.74) is -1.73. The van der Waals surface area contributed by atoms with Gasteiger partial charge in [-0.15, -0.1) is 0 Å². The van der Waals surface area contributed by atoms with Gasteiger partial charge in [0.1, 0.15) is 23.1 Å². The highest BCUT2D eigenvalue weighted by Gasteiger charge is 2.44. The molecule has 0 aromatic heterocycles. The van der Waals surface area contributed by atoms with E-state index >= 15 is 0 Å². The summed E-state index contributed by atoms with van der Waals surface area (Å²) in [6, 6.07) is 8.35. The minimum Gasteiger partial charge on any atom is -0.497 e. The summed E-state index contributed by atoms with van der Waals surface area (Å²) in [4.78, 5) is 23.4. The first-order valence-electron chi connectivity index (χ1n) is 8.39. The number of ether oxygens (including phenoxy) is 1. The molecule has 2 N–H and O–H groups in total. The molecule has 2 aromatic carbocycles. The van der Waals surface area contributed by atoms with Gasteiger partial charge in [-0.1, -0.05) is 12.1 Å². The number of methoxy groups -OCH3 is 1. The van der Waals surface area contributed by atoms with Crippen LogP contribution in [0, 0.1) is 11.6 Å². The van der Waals surface area contributed by atoms with E-state index in [9.17, 15) is 27.2 Å². The van der Waals surface area contributed by atoms with Gasteiger partial charge < -0.3 is 15.2 Å². The monoisotopic (exact) mass is 409 g/mol. The number of hydrogen-bond donors (Lipinski definition) is 2. The number of aliphatic carboxylic acids is 1. The third-order valence-corrected chi connectivity index (χ3v) is 4.45. The van der Waals surface area contributed by atoms with Crippen molar-refractivity contribution in [2.24, 2.45) is 0 Å². The second kappa shape index (κ2) is 7.57. The molecule has 3 rings (SSSR count). The molecule has 0 unspecified atom stereocenters. The number of amides is 1. The predicted molar refractivity (Wildman–Crippen MR) is 95.8 cm³/mol. The fraction of sp³-hybridized carbons (Fsp3) is 0.200. The first-order valence-corrected chi connectivity index (χ1v) is 8.39. The number of anilines is 1. The highest BCUT2D eigenvalue weighted by atomic mass is 19.3. The number of carboxylic acids is 1. The average molecular weight is 409 g/mol. The summed E-state index contributed by atoms with van der Waals surface area (Å²) in [7, 11) is 1.44. The van der Waals surface area contributed by atoms with E-state index in [1.165, 1.54) is 7.11 Å². The molecule has 1 aliphatic rings. The third kappa shape index (κ3) is 4.23. The van der Waals surface area contributed by atoms with Crippen LogP contribution >= 0.6 is 0 Å². The molecule has 9 heteroatoms. The van der Waals surface area contributed by atoms with Crippen molar-refractivity contribution in [1.82, 2.24) is 0 Å². The highest BCUT2D eigenvalue weighted by molar-refractivity contribution is 6.09. The lowest BCUT2D eigenvalue weighted by molar-refractivity contribution is -0.133. The lowest BCUT2D eigenvalue weighted by atomic mass is 10.0. The van der Waals surface area contributed by atoms with E-state index in [1.54, 1.807) is 24.3 Å². The van der Waals surface area contributed by atoms with Crippen LogP contribution in [0.3, 0.4) is 0 Å². The van der Waals surface area contributed by atoms with Crippen LogP contribution in [0.5, 0.6) is 5.75 Å². The largest absolute Gasteiger partial charge is 0.497 e. The van der Waals surface area contributed by atoms with Gasteiger partial charge in [0, 0.05) is 18.4 Å². The highest BCUT2D eigenvalue weighted by Crippen LogP contribution is 2.40. The molecule has 0 fully saturated rings. The van der Waals surface area contributed by atoms with Gasteiger partial charge in [0.2, 0.25) is 0 Å². The summed E-state index contributed by atoms with van der Waals surface area (Å²) in [6.45, 7) is 0. The Balaban J connectivity index is 1.91. The van der Waals surface area contributed by atoms with Crippen LogP contribution in [0.1, 0.15) is 12.8 Å². The van der Waals surface area contributed by atoms with Crippen LogP contribution in [0.15, 0.2) is 47.5 Å². The van der Waals surface area contributed by atoms with Crippen molar-refractivity contribution >= 4 is 17.6 Å². The van der Waals surface area contributed by atoms with Crippen molar-refractivity contribution in [3.63, 3.8) is 0 Å². The molecule has 0 aliphatic heterocycles. The zero-order chi connectivity index (χ0) is 21.3. The second-order valence-electron chi connectivity index (χ2n) is 6.47. The van der Waals surface area contributed by atoms with Crippen molar-refractivity contribution in [3.05, 3.63) is 59.2 Å². The van der Waals surface area contributed by atoms with Gasteiger partial charge in [0.05, 0.1) is 12.7 Å². The van der Waals surface area contributed by atoms with Crippen LogP contribution < -0.4 is 10.1 Å². The van der Waals surface area contributed by atoms with Crippen molar-refractivity contribution < 1.29 is 37.0 Å². The Kier molecular flexibility index (Phi) is 5.32. The van der Waals surface area contributed by atoms with Gasteiger partial charge in [-0.05, 0) is 35.4 Å². The summed E-state index contributed by atoms with van der Waals surface area (Å²) in [5.74, 6) is -8.19. The summed E-state index contributed by atoms with van der Waals surface area (Å²) < 4.78 is 61.0. The number of halogens is 4. The molecule has 0 heterocycles. The Morgan fingerprint density at radius 1 is 1.03 bits per heavy atom. The Bertz CT molecular complexity index is 1010. The number of benzene rings is 2. The van der Waals surface area contributed by atoms with Crippen LogP contribution in [0.4, 0.5) is 23.2 Å². The van der Waals surface area contributed by atoms with Gasteiger partial charge in [-0.2, -0.15) is 0 Å². The molecule has 0 bridgehead atoms. The van der Waals surface area contributed by atoms with Crippen LogP contribution in [0.2, 0.25) is 0 Å². The molecular formula is C20H15F4NO4. The molecule has 0 saturated heterocycles. The Morgan fingerprint density at radius 2 is 1.66 bits per heavy atom. The number of nitrogens with one attached hydrogen (secondary N) is 1. The molecule has 0 atom stereocenters. The van der Waals surface area contributed by atoms with Gasteiger partial charge in [-0.25, -0.2) is 22.4 Å². The first kappa shape index (κ1) is 20.4. The maximum Gasteiger partial charge on any atom is 0.332 e. The normalized spacial score (nSPS) is 15.3. The Labute approximate surface area is 162 Å². The SMILES string of the molecule is COc1cccc(-c2cc(F)c(NC(=O)C3=C(C(=O)O)CC(F)(F)C3)c(F)c2)c1. The maximum atomic E-state index is 14.5. The lowest BCUT2D eigenvalue weighted by Gasteiger charge is -2.12. The zero-order valence-electron chi connectivity index (χ0n) is 15.1. The molecule has 0 spiro atoms. The molecule has 1 aliphatic carbocycles. The zero-order valence-corrected chi connectivity index (χ0v) is 15.1. The molecule has 152 valence electrons. The van der Waals surface area contributed by atoms with E-state index in [-0.39, 0.29) is 5.56 Å². The molecular weight excluding hydrogens is 394 g/mol. The second-order valence-corrected chi connectivity index (χ2v) is 6.47. The fourth-order valence-corrected chi connectivity index (χ4v) is 3.07. The van der Waals surface area contributed by atoms with Gasteiger partial charge in [0.15, 0.2) is 0 Å². The predicted octanol–water partition coefficient (Wildman–Crippen LogP) is 4.39. The van der Waals surface area contributed by atoms with E-state index in [1.807, 2.05) is 5.32 Å². The maximum absolute atomic E-state index is 14.5. The fourth-order valence-electron chi connectivity index (χ4n) is 3.07. The number of carboxylic acid groups (broad SMARTS) is 1. The molecule has 1 amide bonds. The third-order valence-electron chi connectivity index (χ3n) is 4.45. The number of rotatable bonds is 5. The van der Waals surface area contributed by atoms with Gasteiger partial charge >= 0.3 is 5.97 Å². The Hall–Kier alpha value is -3.36. The lowest BCUT2D eigenvalue weighted by Crippen LogP contribution is -2.19. The number of alkyl halides is 2. The van der Waals surface area contributed by atoms with E-state index < -0.39 is 59.1 Å². The molecule has 0 saturated carbocycles. The molecule has 2 aromatic rings. The smallest absolute Gasteiger partial charge is 0.332 e. The first-order chi connectivity index (χ1) is 13.6. The molecule has 0 radical (unpaired) electrons. The molecule has 29 heavy (non-hydrogen) atoms. The standard InChI is InChI=1S/C20H15F4NO4/c1-29-12-4-2-3-10(5-12)11-6-15(21)17(16(22)7-11)25-18(26)13-8-20(23,24)9-14(13)19(27)28/h2-7H,8-9H2,1H3,(H,25,26)(H,27,28). The van der Waals surface area contributed by atoms with Gasteiger partial charge in [-0.3, -0.25) is 4.79 Å². The molecule has 5 nitrogen and oxygen atoms in total. The van der Waals surface area contributed by atoms with Crippen LogP contribution in [-0.2, 0) is 9.59 Å². The van der Waals surface area contributed by atoms with Crippen molar-refractivity contribution in [1.29, 1.82) is 0 Å². The number of hydrogen-bond acceptors (Lipinski definition) is 3. The summed E-state index contributed by atoms with van der Waals surface area (Å²) in [6.07, 6.45) is -2.24. The topological polar surface area (TPSA) is 75.6 Å². The van der Waals surface area contributed by atoms with Crippen molar-refractivity contribution in [2.75, 3.05) is 12.4 Å². The average Bonchev–Trinajstić information content (AvgIpc) is 3.00.